The summed E-state index contributed by atoms with van der Waals surface area (Å²) in [5, 5.41) is 9.89. The lowest BCUT2D eigenvalue weighted by atomic mass is 10.1. The minimum absolute atomic E-state index is 0.326. The molecular formula is C16H21F3N2O3. The van der Waals surface area contributed by atoms with Crippen molar-refractivity contribution in [1.82, 2.24) is 4.90 Å². The smallest absolute Gasteiger partial charge is 0.416 e. The molecule has 1 aromatic carbocycles. The van der Waals surface area contributed by atoms with Crippen molar-refractivity contribution in [3.8, 4) is 5.75 Å². The summed E-state index contributed by atoms with van der Waals surface area (Å²) in [6.45, 7) is 6.88. The van der Waals surface area contributed by atoms with Crippen molar-refractivity contribution in [2.24, 2.45) is 0 Å². The first-order chi connectivity index (χ1) is 11.0. The van der Waals surface area contributed by atoms with Gasteiger partial charge in [0.15, 0.2) is 0 Å². The van der Waals surface area contributed by atoms with E-state index >= 15 is 0 Å². The number of hydrogen-bond acceptors (Lipinski definition) is 4. The van der Waals surface area contributed by atoms with E-state index in [1.165, 1.54) is 6.07 Å². The molecular weight excluding hydrogens is 325 g/mol. The number of halogens is 3. The Morgan fingerprint density at radius 3 is 2.17 bits per heavy atom. The number of benzene rings is 1. The van der Waals surface area contributed by atoms with Crippen LogP contribution >= 0.6 is 0 Å². The second kappa shape index (κ2) is 6.41. The number of phenolic OH excluding ortho intramolecular Hbond substituents is 1. The van der Waals surface area contributed by atoms with Gasteiger partial charge in [0.2, 0.25) is 0 Å². The number of hydrogen-bond donors (Lipinski definition) is 1. The van der Waals surface area contributed by atoms with Gasteiger partial charge in [-0.3, -0.25) is 0 Å². The van der Waals surface area contributed by atoms with Gasteiger partial charge in [0.05, 0.1) is 11.3 Å². The maximum absolute atomic E-state index is 12.6. The molecule has 0 saturated carbocycles. The lowest BCUT2D eigenvalue weighted by molar-refractivity contribution is -0.137. The van der Waals surface area contributed by atoms with Gasteiger partial charge >= 0.3 is 12.3 Å². The van der Waals surface area contributed by atoms with Crippen LogP contribution in [0.25, 0.3) is 0 Å². The van der Waals surface area contributed by atoms with Crippen LogP contribution in [-0.4, -0.2) is 47.9 Å². The maximum Gasteiger partial charge on any atom is 0.416 e. The van der Waals surface area contributed by atoms with E-state index in [1.807, 2.05) is 0 Å². The Morgan fingerprint density at radius 1 is 1.12 bits per heavy atom. The standard InChI is InChI=1S/C16H21F3N2O3/c1-15(2,3)24-14(23)21-8-6-20(7-9-21)12-5-4-11(10-13(12)22)16(17,18)19/h4-5,10,22H,6-9H2,1-3H3. The van der Waals surface area contributed by atoms with E-state index in [4.69, 9.17) is 4.74 Å². The first-order valence-corrected chi connectivity index (χ1v) is 7.60. The Hall–Kier alpha value is -2.12. The van der Waals surface area contributed by atoms with Crippen LogP contribution in [0.2, 0.25) is 0 Å². The minimum atomic E-state index is -4.49. The zero-order valence-corrected chi connectivity index (χ0v) is 13.9. The molecule has 134 valence electrons. The number of carbonyl (C=O) groups is 1. The van der Waals surface area contributed by atoms with Crippen molar-refractivity contribution in [3.05, 3.63) is 23.8 Å². The maximum atomic E-state index is 12.6. The third kappa shape index (κ3) is 4.46. The molecule has 1 saturated heterocycles. The predicted molar refractivity (Wildman–Crippen MR) is 83.1 cm³/mol. The Bertz CT molecular complexity index is 604. The third-order valence-corrected chi connectivity index (χ3v) is 3.57. The quantitative estimate of drug-likeness (QED) is 0.846. The molecule has 1 amide bonds. The predicted octanol–water partition coefficient (Wildman–Crippen LogP) is 3.47. The molecule has 0 unspecified atom stereocenters. The topological polar surface area (TPSA) is 53.0 Å². The highest BCUT2D eigenvalue weighted by Gasteiger charge is 2.32. The molecule has 0 radical (unpaired) electrons. The number of piperazine rings is 1. The number of rotatable bonds is 1. The second-order valence-corrected chi connectivity index (χ2v) is 6.66. The number of aromatic hydroxyl groups is 1. The first-order valence-electron chi connectivity index (χ1n) is 7.60. The summed E-state index contributed by atoms with van der Waals surface area (Å²) in [6, 6.07) is 2.91. The van der Waals surface area contributed by atoms with Crippen LogP contribution in [0.1, 0.15) is 26.3 Å². The summed E-state index contributed by atoms with van der Waals surface area (Å²) in [7, 11) is 0. The molecule has 0 spiro atoms. The fourth-order valence-corrected chi connectivity index (χ4v) is 2.42. The Kier molecular flexibility index (Phi) is 4.87. The van der Waals surface area contributed by atoms with Gasteiger partial charge in [-0.25, -0.2) is 4.79 Å². The molecule has 0 bridgehead atoms. The van der Waals surface area contributed by atoms with Crippen LogP contribution in [-0.2, 0) is 10.9 Å². The van der Waals surface area contributed by atoms with Crippen molar-refractivity contribution in [1.29, 1.82) is 0 Å². The van der Waals surface area contributed by atoms with Crippen molar-refractivity contribution in [2.75, 3.05) is 31.1 Å². The van der Waals surface area contributed by atoms with Crippen LogP contribution in [0.15, 0.2) is 18.2 Å². The first kappa shape index (κ1) is 18.2. The van der Waals surface area contributed by atoms with Crippen molar-refractivity contribution in [2.45, 2.75) is 32.5 Å². The summed E-state index contributed by atoms with van der Waals surface area (Å²) >= 11 is 0. The van der Waals surface area contributed by atoms with Crippen LogP contribution in [0.5, 0.6) is 5.75 Å². The molecule has 1 aliphatic heterocycles. The highest BCUT2D eigenvalue weighted by atomic mass is 19.4. The summed E-state index contributed by atoms with van der Waals surface area (Å²) < 4.78 is 43.2. The summed E-state index contributed by atoms with van der Waals surface area (Å²) in [5.41, 5.74) is -1.15. The summed E-state index contributed by atoms with van der Waals surface area (Å²) in [6.07, 6.45) is -4.91. The van der Waals surface area contributed by atoms with E-state index in [0.29, 0.717) is 31.9 Å². The second-order valence-electron chi connectivity index (χ2n) is 6.66. The van der Waals surface area contributed by atoms with Crippen molar-refractivity contribution in [3.63, 3.8) is 0 Å². The average molecular weight is 346 g/mol. The molecule has 0 atom stereocenters. The fourth-order valence-electron chi connectivity index (χ4n) is 2.42. The third-order valence-electron chi connectivity index (χ3n) is 3.57. The summed E-state index contributed by atoms with van der Waals surface area (Å²) in [5.74, 6) is -0.421. The zero-order chi connectivity index (χ0) is 18.1. The molecule has 1 fully saturated rings. The van der Waals surface area contributed by atoms with E-state index in [0.717, 1.165) is 12.1 Å². The van der Waals surface area contributed by atoms with Crippen LogP contribution in [0.4, 0.5) is 23.7 Å². The van der Waals surface area contributed by atoms with Crippen LogP contribution in [0.3, 0.4) is 0 Å². The van der Waals surface area contributed by atoms with Gasteiger partial charge < -0.3 is 19.6 Å². The van der Waals surface area contributed by atoms with Gasteiger partial charge in [-0.15, -0.1) is 0 Å². The number of nitrogens with zero attached hydrogens (tertiary/aromatic N) is 2. The monoisotopic (exact) mass is 346 g/mol. The van der Waals surface area contributed by atoms with E-state index in [1.54, 1.807) is 30.6 Å². The highest BCUT2D eigenvalue weighted by molar-refractivity contribution is 5.69. The van der Waals surface area contributed by atoms with E-state index in [-0.39, 0.29) is 0 Å². The molecule has 5 nitrogen and oxygen atoms in total. The van der Waals surface area contributed by atoms with Crippen LogP contribution < -0.4 is 4.90 Å². The number of phenols is 1. The molecule has 0 aliphatic carbocycles. The number of amides is 1. The number of alkyl halides is 3. The van der Waals surface area contributed by atoms with Gasteiger partial charge in [0.1, 0.15) is 11.4 Å². The van der Waals surface area contributed by atoms with E-state index in [9.17, 15) is 23.1 Å². The summed E-state index contributed by atoms with van der Waals surface area (Å²) in [4.78, 5) is 15.3. The van der Waals surface area contributed by atoms with Crippen molar-refractivity contribution < 1.29 is 27.8 Å². The van der Waals surface area contributed by atoms with Gasteiger partial charge in [0, 0.05) is 26.2 Å². The Balaban J connectivity index is 2.01. The van der Waals surface area contributed by atoms with Gasteiger partial charge in [-0.1, -0.05) is 0 Å². The molecule has 1 aliphatic rings. The molecule has 1 N–H and O–H groups in total. The van der Waals surface area contributed by atoms with Crippen molar-refractivity contribution >= 4 is 11.8 Å². The molecule has 8 heteroatoms. The van der Waals surface area contributed by atoms with E-state index < -0.39 is 29.2 Å². The Morgan fingerprint density at radius 2 is 1.71 bits per heavy atom. The van der Waals surface area contributed by atoms with Gasteiger partial charge in [-0.2, -0.15) is 13.2 Å². The van der Waals surface area contributed by atoms with Gasteiger partial charge in [0.25, 0.3) is 0 Å². The molecule has 2 rings (SSSR count). The SMILES string of the molecule is CC(C)(C)OC(=O)N1CCN(c2ccc(C(F)(F)F)cc2O)CC1. The number of ether oxygens (including phenoxy) is 1. The molecule has 1 aromatic rings. The zero-order valence-electron chi connectivity index (χ0n) is 13.9. The lowest BCUT2D eigenvalue weighted by Gasteiger charge is -2.37. The van der Waals surface area contributed by atoms with Crippen LogP contribution in [0, 0.1) is 0 Å². The fraction of sp³-hybridized carbons (Fsp3) is 0.562. The Labute approximate surface area is 138 Å². The normalized spacial score (nSPS) is 16.2. The van der Waals surface area contributed by atoms with E-state index in [2.05, 4.69) is 0 Å². The number of carbonyl (C=O) groups excluding carboxylic acids is 1. The minimum Gasteiger partial charge on any atom is -0.506 e. The molecule has 24 heavy (non-hydrogen) atoms. The largest absolute Gasteiger partial charge is 0.506 e. The molecule has 0 aromatic heterocycles. The number of anilines is 1. The molecule has 1 heterocycles. The van der Waals surface area contributed by atoms with Gasteiger partial charge in [-0.05, 0) is 39.0 Å². The lowest BCUT2D eigenvalue weighted by Crippen LogP contribution is -2.50. The highest BCUT2D eigenvalue weighted by Crippen LogP contribution is 2.36. The average Bonchev–Trinajstić information content (AvgIpc) is 2.44.